The molecule has 0 N–H and O–H groups in total. The van der Waals surface area contributed by atoms with Crippen LogP contribution in [0.1, 0.15) is 0 Å². The molecule has 1 fully saturated rings. The standard InChI is InChI=1S/C24H20N6O2/c1-2-5-17(6-3-1)19-15-26-30(16-19)24-27-20-13-21(18-7-4-8-25-14-18)32-22(20)23(28-24)29-9-11-31-12-10-29/h1-8,13-16H,9-12H2. The van der Waals surface area contributed by atoms with Crippen molar-refractivity contribution in [3.05, 3.63) is 73.3 Å². The van der Waals surface area contributed by atoms with Gasteiger partial charge in [-0.05, 0) is 17.7 Å². The molecule has 0 unspecified atom stereocenters. The van der Waals surface area contributed by atoms with Crippen molar-refractivity contribution in [3.63, 3.8) is 0 Å². The van der Waals surface area contributed by atoms with E-state index in [9.17, 15) is 0 Å². The lowest BCUT2D eigenvalue weighted by atomic mass is 10.1. The van der Waals surface area contributed by atoms with Crippen molar-refractivity contribution in [2.45, 2.75) is 0 Å². The highest BCUT2D eigenvalue weighted by molar-refractivity contribution is 5.88. The van der Waals surface area contributed by atoms with E-state index >= 15 is 0 Å². The van der Waals surface area contributed by atoms with E-state index in [1.807, 2.05) is 48.8 Å². The number of anilines is 1. The minimum absolute atomic E-state index is 0.500. The van der Waals surface area contributed by atoms with E-state index in [2.05, 4.69) is 27.1 Å². The Kier molecular flexibility index (Phi) is 4.62. The van der Waals surface area contributed by atoms with Crippen LogP contribution in [0, 0.1) is 0 Å². The van der Waals surface area contributed by atoms with Crippen LogP contribution in [0.4, 0.5) is 5.82 Å². The summed E-state index contributed by atoms with van der Waals surface area (Å²) in [5.41, 5.74) is 4.38. The van der Waals surface area contributed by atoms with Gasteiger partial charge in [-0.15, -0.1) is 0 Å². The van der Waals surface area contributed by atoms with Crippen molar-refractivity contribution in [2.24, 2.45) is 0 Å². The molecule has 0 bridgehead atoms. The second-order valence-corrected chi connectivity index (χ2v) is 7.55. The van der Waals surface area contributed by atoms with Crippen LogP contribution < -0.4 is 4.90 Å². The van der Waals surface area contributed by atoms with Gasteiger partial charge < -0.3 is 14.1 Å². The monoisotopic (exact) mass is 424 g/mol. The molecule has 0 amide bonds. The van der Waals surface area contributed by atoms with Gasteiger partial charge >= 0.3 is 0 Å². The Hall–Kier alpha value is -4.04. The Morgan fingerprint density at radius 2 is 1.69 bits per heavy atom. The molecule has 0 radical (unpaired) electrons. The topological polar surface area (TPSA) is 82.1 Å². The van der Waals surface area contributed by atoms with Gasteiger partial charge in [-0.2, -0.15) is 10.1 Å². The average Bonchev–Trinajstić information content (AvgIpc) is 3.53. The fraction of sp³-hybridized carbons (Fsp3) is 0.167. The SMILES string of the molecule is c1ccc(-c2cnn(-c3nc(N4CCOCC4)c4oc(-c5cccnc5)cc4n3)c2)cc1. The van der Waals surface area contributed by atoms with E-state index in [0.717, 1.165) is 41.1 Å². The maximum Gasteiger partial charge on any atom is 0.253 e. The summed E-state index contributed by atoms with van der Waals surface area (Å²) in [7, 11) is 0. The molecule has 0 spiro atoms. The van der Waals surface area contributed by atoms with Gasteiger partial charge in [0, 0.05) is 48.9 Å². The van der Waals surface area contributed by atoms with Gasteiger partial charge in [-0.3, -0.25) is 4.98 Å². The number of morpholine rings is 1. The molecule has 0 saturated carbocycles. The highest BCUT2D eigenvalue weighted by atomic mass is 16.5. The predicted octanol–water partition coefficient (Wildman–Crippen LogP) is 3.97. The van der Waals surface area contributed by atoms with Gasteiger partial charge in [0.15, 0.2) is 11.4 Å². The third kappa shape index (κ3) is 3.40. The first-order valence-corrected chi connectivity index (χ1v) is 10.5. The van der Waals surface area contributed by atoms with Crippen LogP contribution in [0.3, 0.4) is 0 Å². The van der Waals surface area contributed by atoms with Crippen molar-refractivity contribution >= 4 is 16.9 Å². The lowest BCUT2D eigenvalue weighted by Gasteiger charge is -2.27. The zero-order valence-corrected chi connectivity index (χ0v) is 17.3. The van der Waals surface area contributed by atoms with Crippen molar-refractivity contribution in [1.82, 2.24) is 24.7 Å². The summed E-state index contributed by atoms with van der Waals surface area (Å²) in [6.45, 7) is 2.78. The first-order chi connectivity index (χ1) is 15.8. The van der Waals surface area contributed by atoms with E-state index in [0.29, 0.717) is 30.5 Å². The third-order valence-electron chi connectivity index (χ3n) is 5.49. The summed E-state index contributed by atoms with van der Waals surface area (Å²) in [6, 6.07) is 15.9. The summed E-state index contributed by atoms with van der Waals surface area (Å²) >= 11 is 0. The molecule has 1 saturated heterocycles. The van der Waals surface area contributed by atoms with E-state index in [4.69, 9.17) is 19.1 Å². The smallest absolute Gasteiger partial charge is 0.253 e. The molecule has 6 rings (SSSR count). The van der Waals surface area contributed by atoms with Crippen LogP contribution in [0.5, 0.6) is 0 Å². The number of fused-ring (bicyclic) bond motifs is 1. The maximum atomic E-state index is 6.23. The maximum absolute atomic E-state index is 6.23. The summed E-state index contributed by atoms with van der Waals surface area (Å²) in [5, 5.41) is 4.53. The third-order valence-corrected chi connectivity index (χ3v) is 5.49. The molecule has 8 nitrogen and oxygen atoms in total. The molecule has 1 aliphatic heterocycles. The van der Waals surface area contributed by atoms with Gasteiger partial charge in [-0.1, -0.05) is 30.3 Å². The van der Waals surface area contributed by atoms with Crippen LogP contribution in [0.15, 0.2) is 77.7 Å². The summed E-state index contributed by atoms with van der Waals surface area (Å²) < 4.78 is 13.5. The lowest BCUT2D eigenvalue weighted by Crippen LogP contribution is -2.37. The second kappa shape index (κ2) is 7.90. The van der Waals surface area contributed by atoms with Gasteiger partial charge in [0.2, 0.25) is 0 Å². The van der Waals surface area contributed by atoms with Crippen LogP contribution in [0.25, 0.3) is 39.5 Å². The van der Waals surface area contributed by atoms with Gasteiger partial charge in [0.25, 0.3) is 5.95 Å². The Balaban J connectivity index is 1.48. The number of ether oxygens (including phenoxy) is 1. The first kappa shape index (κ1) is 18.7. The molecule has 1 aromatic carbocycles. The van der Waals surface area contributed by atoms with Crippen LogP contribution in [-0.4, -0.2) is 51.0 Å². The Morgan fingerprint density at radius 3 is 2.50 bits per heavy atom. The number of nitrogens with zero attached hydrogens (tertiary/aromatic N) is 6. The molecule has 5 heterocycles. The lowest BCUT2D eigenvalue weighted by molar-refractivity contribution is 0.122. The predicted molar refractivity (Wildman–Crippen MR) is 121 cm³/mol. The summed E-state index contributed by atoms with van der Waals surface area (Å²) in [6.07, 6.45) is 7.29. The first-order valence-electron chi connectivity index (χ1n) is 10.5. The van der Waals surface area contributed by atoms with Crippen LogP contribution >= 0.6 is 0 Å². The summed E-state index contributed by atoms with van der Waals surface area (Å²) in [5.74, 6) is 1.96. The molecular formula is C24H20N6O2. The molecule has 158 valence electrons. The van der Waals surface area contributed by atoms with Crippen LogP contribution in [-0.2, 0) is 4.74 Å². The number of rotatable bonds is 4. The largest absolute Gasteiger partial charge is 0.450 e. The minimum atomic E-state index is 0.500. The van der Waals surface area contributed by atoms with Gasteiger partial charge in [0.1, 0.15) is 11.3 Å². The number of hydrogen-bond donors (Lipinski definition) is 0. The fourth-order valence-electron chi connectivity index (χ4n) is 3.86. The van der Waals surface area contributed by atoms with Gasteiger partial charge in [0.05, 0.1) is 19.4 Å². The molecule has 0 aliphatic carbocycles. The van der Waals surface area contributed by atoms with E-state index in [-0.39, 0.29) is 0 Å². The second-order valence-electron chi connectivity index (χ2n) is 7.55. The molecule has 32 heavy (non-hydrogen) atoms. The number of benzene rings is 1. The molecule has 8 heteroatoms. The average molecular weight is 424 g/mol. The fourth-order valence-corrected chi connectivity index (χ4v) is 3.86. The molecule has 1 aliphatic rings. The Bertz CT molecular complexity index is 1360. The number of hydrogen-bond acceptors (Lipinski definition) is 7. The van der Waals surface area contributed by atoms with E-state index in [1.54, 1.807) is 17.1 Å². The molecule has 5 aromatic rings. The normalized spacial score (nSPS) is 14.2. The Morgan fingerprint density at radius 1 is 0.844 bits per heavy atom. The van der Waals surface area contributed by atoms with Crippen LogP contribution in [0.2, 0.25) is 0 Å². The van der Waals surface area contributed by atoms with Crippen molar-refractivity contribution in [2.75, 3.05) is 31.2 Å². The summed E-state index contributed by atoms with van der Waals surface area (Å²) in [4.78, 5) is 16.0. The molecule has 4 aromatic heterocycles. The minimum Gasteiger partial charge on any atom is -0.450 e. The van der Waals surface area contributed by atoms with E-state index in [1.165, 1.54) is 0 Å². The number of aromatic nitrogens is 5. The zero-order chi connectivity index (χ0) is 21.3. The van der Waals surface area contributed by atoms with Crippen molar-refractivity contribution in [3.8, 4) is 28.4 Å². The number of pyridine rings is 1. The quantitative estimate of drug-likeness (QED) is 0.432. The number of furan rings is 1. The highest BCUT2D eigenvalue weighted by Crippen LogP contribution is 2.33. The molecular weight excluding hydrogens is 404 g/mol. The Labute approximate surface area is 184 Å². The van der Waals surface area contributed by atoms with Crippen molar-refractivity contribution < 1.29 is 9.15 Å². The zero-order valence-electron chi connectivity index (χ0n) is 17.3. The molecule has 0 atom stereocenters. The highest BCUT2D eigenvalue weighted by Gasteiger charge is 2.22. The van der Waals surface area contributed by atoms with Crippen molar-refractivity contribution in [1.29, 1.82) is 0 Å². The van der Waals surface area contributed by atoms with Gasteiger partial charge in [-0.25, -0.2) is 9.67 Å². The van der Waals surface area contributed by atoms with E-state index < -0.39 is 0 Å².